The smallest absolute Gasteiger partial charge is 0.129 e. The predicted molar refractivity (Wildman–Crippen MR) is 73.0 cm³/mol. The first kappa shape index (κ1) is 19.1. The highest BCUT2D eigenvalue weighted by Gasteiger charge is 2.14. The van der Waals surface area contributed by atoms with Crippen molar-refractivity contribution >= 4 is 11.9 Å². The second kappa shape index (κ2) is 9.90. The van der Waals surface area contributed by atoms with Gasteiger partial charge in [0.2, 0.25) is 0 Å². The number of hydrogen-bond acceptors (Lipinski definition) is 4. The Labute approximate surface area is 124 Å². The van der Waals surface area contributed by atoms with Crippen LogP contribution in [0.4, 0.5) is 0 Å². The first-order valence-corrected chi connectivity index (χ1v) is 6.91. The topological polar surface area (TPSA) is 136 Å². The fourth-order valence-electron chi connectivity index (χ4n) is 1.50. The molecule has 0 unspecified atom stereocenters. The van der Waals surface area contributed by atoms with Crippen molar-refractivity contribution in [2.75, 3.05) is 0 Å². The molecule has 1 aromatic rings. The van der Waals surface area contributed by atoms with Crippen LogP contribution < -0.4 is 21.7 Å². The van der Waals surface area contributed by atoms with E-state index in [2.05, 4.69) is 11.5 Å². The van der Waals surface area contributed by atoms with Crippen LogP contribution in [-0.4, -0.2) is 24.0 Å². The van der Waals surface area contributed by atoms with Crippen molar-refractivity contribution in [3.8, 4) is 0 Å². The van der Waals surface area contributed by atoms with Crippen LogP contribution in [-0.2, 0) is 16.0 Å². The zero-order chi connectivity index (χ0) is 16.4. The van der Waals surface area contributed by atoms with Gasteiger partial charge in [0.15, 0.2) is 0 Å². The summed E-state index contributed by atoms with van der Waals surface area (Å²) in [6, 6.07) is 8.17. The standard InChI is InChI=1S/C9H11NO2.C6H13NO2/c10-8(9(11)12)6-7-4-2-1-3-5-7;1-3-4(2)5(7)6(8)9/h1-5,8H,6,10H2,(H,11,12);4-5H,3,7H2,1-2H3,(H,8,9)/t8-;4-,5+/m00/s1. The highest BCUT2D eigenvalue weighted by atomic mass is 16.4. The fourth-order valence-corrected chi connectivity index (χ4v) is 1.50. The Hall–Kier alpha value is -1.92. The van der Waals surface area contributed by atoms with Gasteiger partial charge in [0.1, 0.15) is 12.1 Å². The molecule has 0 aliphatic rings. The van der Waals surface area contributed by atoms with Crippen LogP contribution in [0.2, 0.25) is 0 Å². The first-order chi connectivity index (χ1) is 9.79. The highest BCUT2D eigenvalue weighted by Crippen LogP contribution is 2.01. The van der Waals surface area contributed by atoms with Crippen LogP contribution in [0.5, 0.6) is 0 Å². The summed E-state index contributed by atoms with van der Waals surface area (Å²) in [5.74, 6) is -2.03. The quantitative estimate of drug-likeness (QED) is 0.577. The monoisotopic (exact) mass is 296 g/mol. The normalized spacial score (nSPS) is 14.3. The van der Waals surface area contributed by atoms with Crippen molar-refractivity contribution < 1.29 is 31.3 Å². The number of carboxylic acids is 2. The van der Waals surface area contributed by atoms with E-state index in [0.717, 1.165) is 12.0 Å². The third kappa shape index (κ3) is 8.06. The average molecular weight is 296 g/mol. The minimum atomic E-state index is -1.10. The molecule has 3 atom stereocenters. The number of benzene rings is 1. The summed E-state index contributed by atoms with van der Waals surface area (Å²) < 4.78 is 0. The number of carboxylic acid groups (broad SMARTS) is 2. The minimum absolute atomic E-state index is 0.120. The van der Waals surface area contributed by atoms with Crippen LogP contribution in [0.1, 0.15) is 25.8 Å². The lowest BCUT2D eigenvalue weighted by molar-refractivity contribution is -0.447. The summed E-state index contributed by atoms with van der Waals surface area (Å²) in [7, 11) is 0. The van der Waals surface area contributed by atoms with Gasteiger partial charge in [0, 0.05) is 12.3 Å². The van der Waals surface area contributed by atoms with E-state index in [9.17, 15) is 19.8 Å². The number of rotatable bonds is 6. The predicted octanol–water partition coefficient (Wildman–Crippen LogP) is -3.02. The molecule has 6 heteroatoms. The Balaban J connectivity index is 0.000000400. The second-order valence-electron chi connectivity index (χ2n) is 5.02. The summed E-state index contributed by atoms with van der Waals surface area (Å²) in [5, 5.41) is 20.5. The zero-order valence-corrected chi connectivity index (χ0v) is 12.6. The number of carbonyl (C=O) groups excluding carboxylic acids is 2. The van der Waals surface area contributed by atoms with E-state index in [0.29, 0.717) is 6.42 Å². The maximum atomic E-state index is 10.3. The molecule has 0 radical (unpaired) electrons. The third-order valence-corrected chi connectivity index (χ3v) is 3.29. The third-order valence-electron chi connectivity index (χ3n) is 3.29. The van der Waals surface area contributed by atoms with E-state index in [1.54, 1.807) is 0 Å². The molecule has 0 spiro atoms. The van der Waals surface area contributed by atoms with Gasteiger partial charge in [-0.15, -0.1) is 0 Å². The van der Waals surface area contributed by atoms with Crippen LogP contribution in [0.25, 0.3) is 0 Å². The Bertz CT molecular complexity index is 437. The molecular weight excluding hydrogens is 272 g/mol. The molecule has 0 fully saturated rings. The molecule has 1 aromatic carbocycles. The molecule has 0 amide bonds. The Morgan fingerprint density at radius 3 is 1.95 bits per heavy atom. The number of aliphatic carboxylic acids is 2. The zero-order valence-electron chi connectivity index (χ0n) is 12.6. The molecule has 6 N–H and O–H groups in total. The number of hydrogen-bond donors (Lipinski definition) is 2. The maximum Gasteiger partial charge on any atom is 0.129 e. The van der Waals surface area contributed by atoms with Gasteiger partial charge in [-0.2, -0.15) is 0 Å². The lowest BCUT2D eigenvalue weighted by Gasteiger charge is -2.14. The van der Waals surface area contributed by atoms with Crippen LogP contribution in [0.15, 0.2) is 30.3 Å². The molecular formula is C15H24N2O4. The summed E-state index contributed by atoms with van der Waals surface area (Å²) >= 11 is 0. The van der Waals surface area contributed by atoms with E-state index < -0.39 is 24.0 Å². The van der Waals surface area contributed by atoms with Crippen molar-refractivity contribution in [3.05, 3.63) is 35.9 Å². The van der Waals surface area contributed by atoms with E-state index in [-0.39, 0.29) is 5.92 Å². The van der Waals surface area contributed by atoms with Gasteiger partial charge in [-0.05, 0) is 12.0 Å². The van der Waals surface area contributed by atoms with Gasteiger partial charge in [0.05, 0.1) is 11.9 Å². The highest BCUT2D eigenvalue weighted by molar-refractivity contribution is 5.69. The molecule has 0 saturated carbocycles. The first-order valence-electron chi connectivity index (χ1n) is 6.91. The van der Waals surface area contributed by atoms with Crippen LogP contribution in [0.3, 0.4) is 0 Å². The number of quaternary nitrogens is 2. The molecule has 0 saturated heterocycles. The van der Waals surface area contributed by atoms with E-state index in [1.807, 2.05) is 44.2 Å². The summed E-state index contributed by atoms with van der Waals surface area (Å²) in [4.78, 5) is 20.5. The van der Waals surface area contributed by atoms with Gasteiger partial charge in [-0.25, -0.2) is 0 Å². The molecule has 6 nitrogen and oxygen atoms in total. The fraction of sp³-hybridized carbons (Fsp3) is 0.467. The van der Waals surface area contributed by atoms with Gasteiger partial charge < -0.3 is 31.3 Å². The SMILES string of the molecule is CC[C@H](C)[C@@H]([NH3+])C(=O)[O-].[NH3+][C@@H](Cc1ccccc1)C(=O)[O-]. The Morgan fingerprint density at radius 1 is 1.10 bits per heavy atom. The lowest BCUT2D eigenvalue weighted by atomic mass is 10.0. The van der Waals surface area contributed by atoms with Crippen molar-refractivity contribution in [2.45, 2.75) is 38.8 Å². The van der Waals surface area contributed by atoms with Crippen molar-refractivity contribution in [1.29, 1.82) is 0 Å². The molecule has 118 valence electrons. The van der Waals surface area contributed by atoms with Crippen molar-refractivity contribution in [3.63, 3.8) is 0 Å². The largest absolute Gasteiger partial charge is 0.544 e. The average Bonchev–Trinajstić information content (AvgIpc) is 2.47. The summed E-state index contributed by atoms with van der Waals surface area (Å²) in [6.45, 7) is 3.79. The van der Waals surface area contributed by atoms with Crippen molar-refractivity contribution in [2.24, 2.45) is 5.92 Å². The summed E-state index contributed by atoms with van der Waals surface area (Å²) in [5.41, 5.74) is 7.89. The van der Waals surface area contributed by atoms with E-state index in [1.165, 1.54) is 0 Å². The maximum absolute atomic E-state index is 10.3. The van der Waals surface area contributed by atoms with Crippen LogP contribution in [0, 0.1) is 5.92 Å². The summed E-state index contributed by atoms with van der Waals surface area (Å²) in [6.07, 6.45) is 1.27. The van der Waals surface area contributed by atoms with E-state index in [4.69, 9.17) is 0 Å². The minimum Gasteiger partial charge on any atom is -0.544 e. The Morgan fingerprint density at radius 2 is 1.62 bits per heavy atom. The molecule has 0 bridgehead atoms. The molecule has 0 aliphatic carbocycles. The van der Waals surface area contributed by atoms with Gasteiger partial charge in [0.25, 0.3) is 0 Å². The molecule has 0 aromatic heterocycles. The second-order valence-corrected chi connectivity index (χ2v) is 5.02. The van der Waals surface area contributed by atoms with Crippen LogP contribution >= 0.6 is 0 Å². The molecule has 0 aliphatic heterocycles. The van der Waals surface area contributed by atoms with Gasteiger partial charge >= 0.3 is 0 Å². The molecule has 0 heterocycles. The van der Waals surface area contributed by atoms with Gasteiger partial charge in [-0.1, -0.05) is 44.2 Å². The number of carbonyl (C=O) groups is 2. The van der Waals surface area contributed by atoms with E-state index >= 15 is 0 Å². The van der Waals surface area contributed by atoms with Crippen molar-refractivity contribution in [1.82, 2.24) is 0 Å². The molecule has 21 heavy (non-hydrogen) atoms. The van der Waals surface area contributed by atoms with Gasteiger partial charge in [-0.3, -0.25) is 0 Å². The lowest BCUT2D eigenvalue weighted by Crippen LogP contribution is -2.70. The Kier molecular flexibility index (Phi) is 9.00. The molecule has 1 rings (SSSR count).